The predicted molar refractivity (Wildman–Crippen MR) is 78.0 cm³/mol. The van der Waals surface area contributed by atoms with Gasteiger partial charge in [-0.05, 0) is 36.8 Å². The first-order valence-corrected chi connectivity index (χ1v) is 7.01. The fourth-order valence-electron chi connectivity index (χ4n) is 1.66. The van der Waals surface area contributed by atoms with Gasteiger partial charge in [-0.25, -0.2) is 0 Å². The third-order valence-electron chi connectivity index (χ3n) is 2.72. The van der Waals surface area contributed by atoms with Crippen molar-refractivity contribution in [2.24, 2.45) is 0 Å². The van der Waals surface area contributed by atoms with Crippen molar-refractivity contribution in [3.63, 3.8) is 0 Å². The molecule has 0 saturated carbocycles. The van der Waals surface area contributed by atoms with Gasteiger partial charge in [0.2, 0.25) is 0 Å². The number of carbonyl (C=O) groups excluding carboxylic acids is 1. The Balaban J connectivity index is 2.26. The van der Waals surface area contributed by atoms with Crippen LogP contribution in [0.1, 0.15) is 28.9 Å². The molecule has 2 rings (SSSR count). The summed E-state index contributed by atoms with van der Waals surface area (Å²) in [6, 6.07) is 13.0. The molecule has 2 aromatic carbocycles. The van der Waals surface area contributed by atoms with Gasteiger partial charge in [-0.2, -0.15) is 0 Å². The molecule has 2 aromatic rings. The zero-order valence-corrected chi connectivity index (χ0v) is 11.9. The predicted octanol–water partition coefficient (Wildman–Crippen LogP) is 4.36. The second-order valence-corrected chi connectivity index (χ2v) is 5.64. The normalized spacial score (nSPS) is 12.2. The smallest absolute Gasteiger partial charge is 0.152 e. The van der Waals surface area contributed by atoms with Crippen molar-refractivity contribution in [3.8, 4) is 0 Å². The molecule has 4 heteroatoms. The molecule has 0 amide bonds. The van der Waals surface area contributed by atoms with Gasteiger partial charge in [0.15, 0.2) is 6.29 Å². The molecule has 0 spiro atoms. The number of hydrogen-bond acceptors (Lipinski definition) is 3. The maximum atomic E-state index is 11.1. The maximum Gasteiger partial charge on any atom is 0.152 e. The van der Waals surface area contributed by atoms with Crippen LogP contribution in [0.25, 0.3) is 0 Å². The van der Waals surface area contributed by atoms with E-state index in [4.69, 9.17) is 11.6 Å². The lowest BCUT2D eigenvalue weighted by Gasteiger charge is -2.08. The molecule has 0 aromatic heterocycles. The summed E-state index contributed by atoms with van der Waals surface area (Å²) in [6.07, 6.45) is 0.296. The molecule has 0 aliphatic rings. The van der Waals surface area contributed by atoms with Crippen LogP contribution in [0, 0.1) is 0 Å². The monoisotopic (exact) mass is 292 g/mol. The largest absolute Gasteiger partial charge is 0.389 e. The summed E-state index contributed by atoms with van der Waals surface area (Å²) in [4.78, 5) is 12.9. The van der Waals surface area contributed by atoms with Crippen LogP contribution in [-0.4, -0.2) is 11.4 Å². The third kappa shape index (κ3) is 3.38. The first-order chi connectivity index (χ1) is 9.11. The van der Waals surface area contributed by atoms with Gasteiger partial charge in [0.25, 0.3) is 0 Å². The van der Waals surface area contributed by atoms with Crippen LogP contribution >= 0.6 is 23.4 Å². The number of carbonyl (C=O) groups is 1. The number of aliphatic hydroxyl groups excluding tert-OH is 1. The second-order valence-electron chi connectivity index (χ2n) is 4.12. The van der Waals surface area contributed by atoms with Crippen molar-refractivity contribution in [1.29, 1.82) is 0 Å². The molecule has 0 radical (unpaired) electrons. The number of aliphatic hydroxyl groups is 1. The zero-order chi connectivity index (χ0) is 13.8. The number of hydrogen-bond donors (Lipinski definition) is 1. The molecule has 0 aliphatic carbocycles. The van der Waals surface area contributed by atoms with Gasteiger partial charge in [0, 0.05) is 15.4 Å². The van der Waals surface area contributed by atoms with Crippen molar-refractivity contribution in [2.75, 3.05) is 0 Å². The van der Waals surface area contributed by atoms with Crippen molar-refractivity contribution in [2.45, 2.75) is 22.8 Å². The van der Waals surface area contributed by atoms with E-state index in [1.807, 2.05) is 36.4 Å². The zero-order valence-electron chi connectivity index (χ0n) is 10.3. The summed E-state index contributed by atoms with van der Waals surface area (Å²) in [5.74, 6) is 0. The SMILES string of the molecule is CC(O)c1ccc(Sc2cccc(Cl)c2C=O)cc1. The molecule has 19 heavy (non-hydrogen) atoms. The fourth-order valence-corrected chi connectivity index (χ4v) is 2.88. The molecule has 2 nitrogen and oxygen atoms in total. The highest BCUT2D eigenvalue weighted by molar-refractivity contribution is 7.99. The highest BCUT2D eigenvalue weighted by Crippen LogP contribution is 2.33. The first kappa shape index (κ1) is 14.1. The number of benzene rings is 2. The first-order valence-electron chi connectivity index (χ1n) is 5.81. The molecule has 1 N–H and O–H groups in total. The molecule has 0 saturated heterocycles. The summed E-state index contributed by atoms with van der Waals surface area (Å²) in [6.45, 7) is 1.73. The highest BCUT2D eigenvalue weighted by atomic mass is 35.5. The van der Waals surface area contributed by atoms with Gasteiger partial charge in [-0.1, -0.05) is 41.6 Å². The van der Waals surface area contributed by atoms with Crippen molar-refractivity contribution in [3.05, 3.63) is 58.6 Å². The molecular formula is C15H13ClO2S. The molecular weight excluding hydrogens is 280 g/mol. The Labute approximate surface area is 121 Å². The Morgan fingerprint density at radius 3 is 2.47 bits per heavy atom. The molecule has 1 atom stereocenters. The van der Waals surface area contributed by atoms with Crippen LogP contribution in [-0.2, 0) is 0 Å². The van der Waals surface area contributed by atoms with Gasteiger partial charge in [-0.15, -0.1) is 0 Å². The average Bonchev–Trinajstić information content (AvgIpc) is 2.39. The van der Waals surface area contributed by atoms with Gasteiger partial charge >= 0.3 is 0 Å². The third-order valence-corrected chi connectivity index (χ3v) is 4.13. The minimum Gasteiger partial charge on any atom is -0.389 e. The van der Waals surface area contributed by atoms with Crippen LogP contribution in [0.3, 0.4) is 0 Å². The molecule has 0 heterocycles. The van der Waals surface area contributed by atoms with E-state index in [9.17, 15) is 9.90 Å². The van der Waals surface area contributed by atoms with E-state index in [0.29, 0.717) is 10.6 Å². The van der Waals surface area contributed by atoms with Crippen LogP contribution in [0.15, 0.2) is 52.3 Å². The Kier molecular flexibility index (Phi) is 4.64. The van der Waals surface area contributed by atoms with Crippen molar-refractivity contribution < 1.29 is 9.90 Å². The average molecular weight is 293 g/mol. The summed E-state index contributed by atoms with van der Waals surface area (Å²) in [5, 5.41) is 9.91. The standard InChI is InChI=1S/C15H13ClO2S/c1-10(18)11-5-7-12(8-6-11)19-15-4-2-3-14(16)13(15)9-17/h2-10,18H,1H3. The number of rotatable bonds is 4. The summed E-state index contributed by atoms with van der Waals surface area (Å²) in [5.41, 5.74) is 1.37. The lowest BCUT2D eigenvalue weighted by Crippen LogP contribution is -1.90. The topological polar surface area (TPSA) is 37.3 Å². The molecule has 1 unspecified atom stereocenters. The lowest BCUT2D eigenvalue weighted by atomic mass is 10.1. The van der Waals surface area contributed by atoms with E-state index in [0.717, 1.165) is 21.6 Å². The van der Waals surface area contributed by atoms with Crippen LogP contribution in [0.5, 0.6) is 0 Å². The van der Waals surface area contributed by atoms with Crippen molar-refractivity contribution in [1.82, 2.24) is 0 Å². The highest BCUT2D eigenvalue weighted by Gasteiger charge is 2.08. The second kappa shape index (κ2) is 6.24. The quantitative estimate of drug-likeness (QED) is 0.851. The summed E-state index contributed by atoms with van der Waals surface area (Å²) >= 11 is 7.46. The van der Waals surface area contributed by atoms with E-state index >= 15 is 0 Å². The Morgan fingerprint density at radius 1 is 1.21 bits per heavy atom. The van der Waals surface area contributed by atoms with E-state index in [1.54, 1.807) is 13.0 Å². The molecule has 0 bridgehead atoms. The van der Waals surface area contributed by atoms with E-state index in [1.165, 1.54) is 11.8 Å². The number of aldehydes is 1. The Bertz CT molecular complexity index is 579. The van der Waals surface area contributed by atoms with E-state index in [2.05, 4.69) is 0 Å². The minimum atomic E-state index is -0.476. The van der Waals surface area contributed by atoms with Gasteiger partial charge in [-0.3, -0.25) is 4.79 Å². The van der Waals surface area contributed by atoms with Crippen LogP contribution < -0.4 is 0 Å². The minimum absolute atomic E-state index is 0.459. The van der Waals surface area contributed by atoms with Crippen LogP contribution in [0.2, 0.25) is 5.02 Å². The molecule has 0 aliphatic heterocycles. The van der Waals surface area contributed by atoms with Crippen LogP contribution in [0.4, 0.5) is 0 Å². The van der Waals surface area contributed by atoms with Gasteiger partial charge in [0.1, 0.15) is 0 Å². The maximum absolute atomic E-state index is 11.1. The Hall–Kier alpha value is -1.29. The fraction of sp³-hybridized carbons (Fsp3) is 0.133. The van der Waals surface area contributed by atoms with Gasteiger partial charge < -0.3 is 5.11 Å². The van der Waals surface area contributed by atoms with Gasteiger partial charge in [0.05, 0.1) is 11.1 Å². The summed E-state index contributed by atoms with van der Waals surface area (Å²) < 4.78 is 0. The number of halogens is 1. The summed E-state index contributed by atoms with van der Waals surface area (Å²) in [7, 11) is 0. The lowest BCUT2D eigenvalue weighted by molar-refractivity contribution is 0.112. The molecule has 0 fully saturated rings. The Morgan fingerprint density at radius 2 is 1.89 bits per heavy atom. The van der Waals surface area contributed by atoms with E-state index in [-0.39, 0.29) is 0 Å². The van der Waals surface area contributed by atoms with Crippen molar-refractivity contribution >= 4 is 29.6 Å². The molecule has 98 valence electrons. The van der Waals surface area contributed by atoms with E-state index < -0.39 is 6.10 Å².